The van der Waals surface area contributed by atoms with E-state index in [-0.39, 0.29) is 0 Å². The van der Waals surface area contributed by atoms with Crippen LogP contribution in [-0.4, -0.2) is 47.1 Å². The van der Waals surface area contributed by atoms with E-state index in [1.807, 2.05) is 0 Å². The highest BCUT2D eigenvalue weighted by Crippen LogP contribution is 2.21. The number of rotatable bonds is 4. The van der Waals surface area contributed by atoms with Crippen molar-refractivity contribution in [2.75, 3.05) is 25.5 Å². The Hall–Kier alpha value is -1.13. The highest BCUT2D eigenvalue weighted by Gasteiger charge is 2.25. The molecule has 0 radical (unpaired) electrons. The van der Waals surface area contributed by atoms with Crippen molar-refractivity contribution in [3.8, 4) is 0 Å². The summed E-state index contributed by atoms with van der Waals surface area (Å²) in [5.41, 5.74) is 3.71. The van der Waals surface area contributed by atoms with Crippen LogP contribution in [0.2, 0.25) is 0 Å². The van der Waals surface area contributed by atoms with Crippen LogP contribution in [0.1, 0.15) is 44.2 Å². The third kappa shape index (κ3) is 4.45. The van der Waals surface area contributed by atoms with Crippen LogP contribution in [0.25, 0.3) is 0 Å². The zero-order valence-electron chi connectivity index (χ0n) is 15.2. The fourth-order valence-electron chi connectivity index (χ4n) is 3.20. The molecule has 1 fully saturated rings. The first kappa shape index (κ1) is 18.2. The van der Waals surface area contributed by atoms with Gasteiger partial charge in [0.25, 0.3) is 0 Å². The summed E-state index contributed by atoms with van der Waals surface area (Å²) >= 11 is 5.64. The minimum absolute atomic E-state index is 0.659. The van der Waals surface area contributed by atoms with Gasteiger partial charge in [-0.15, -0.1) is 0 Å². The summed E-state index contributed by atoms with van der Waals surface area (Å²) in [5, 5.41) is 4.31. The molecule has 0 amide bonds. The van der Waals surface area contributed by atoms with Gasteiger partial charge in [0.05, 0.1) is 0 Å². The van der Waals surface area contributed by atoms with Crippen molar-refractivity contribution in [1.82, 2.24) is 9.80 Å². The van der Waals surface area contributed by atoms with Gasteiger partial charge in [0.2, 0.25) is 0 Å². The number of piperidine rings is 1. The number of anilines is 1. The first-order chi connectivity index (χ1) is 10.9. The SMILES string of the molecule is CCC(C)N(C)C1CCN(C(=S)Nc2cccc(C)c2C)CC1. The molecule has 128 valence electrons. The molecule has 0 bridgehead atoms. The van der Waals surface area contributed by atoms with Gasteiger partial charge < -0.3 is 15.1 Å². The quantitative estimate of drug-likeness (QED) is 0.832. The maximum Gasteiger partial charge on any atom is 0.173 e. The van der Waals surface area contributed by atoms with E-state index in [0.29, 0.717) is 12.1 Å². The molecule has 1 aromatic carbocycles. The molecule has 0 spiro atoms. The molecule has 0 aromatic heterocycles. The van der Waals surface area contributed by atoms with Crippen LogP contribution >= 0.6 is 12.2 Å². The Morgan fingerprint density at radius 1 is 1.35 bits per heavy atom. The van der Waals surface area contributed by atoms with Crippen molar-refractivity contribution < 1.29 is 0 Å². The monoisotopic (exact) mass is 333 g/mol. The summed E-state index contributed by atoms with van der Waals surface area (Å²) in [5.74, 6) is 0. The van der Waals surface area contributed by atoms with Crippen LogP contribution in [0.5, 0.6) is 0 Å². The van der Waals surface area contributed by atoms with Gasteiger partial charge >= 0.3 is 0 Å². The molecule has 1 atom stereocenters. The third-order valence-corrected chi connectivity index (χ3v) is 5.82. The van der Waals surface area contributed by atoms with Crippen molar-refractivity contribution in [1.29, 1.82) is 0 Å². The Kier molecular flexibility index (Phi) is 6.42. The Morgan fingerprint density at radius 3 is 2.61 bits per heavy atom. The van der Waals surface area contributed by atoms with Crippen LogP contribution in [0.4, 0.5) is 5.69 Å². The van der Waals surface area contributed by atoms with Crippen LogP contribution in [0.3, 0.4) is 0 Å². The smallest absolute Gasteiger partial charge is 0.173 e. The van der Waals surface area contributed by atoms with Crippen LogP contribution < -0.4 is 5.32 Å². The van der Waals surface area contributed by atoms with E-state index < -0.39 is 0 Å². The topological polar surface area (TPSA) is 18.5 Å². The van der Waals surface area contributed by atoms with E-state index in [2.05, 4.69) is 68.1 Å². The third-order valence-electron chi connectivity index (χ3n) is 5.46. The van der Waals surface area contributed by atoms with E-state index in [4.69, 9.17) is 12.2 Å². The molecule has 1 N–H and O–H groups in total. The predicted octanol–water partition coefficient (Wildman–Crippen LogP) is 4.19. The Labute approximate surface area is 147 Å². The Bertz CT molecular complexity index is 535. The zero-order valence-corrected chi connectivity index (χ0v) is 16.0. The Balaban J connectivity index is 1.90. The number of thiocarbonyl (C=S) groups is 1. The van der Waals surface area contributed by atoms with Gasteiger partial charge in [-0.1, -0.05) is 19.1 Å². The normalized spacial score (nSPS) is 17.4. The molecule has 1 aromatic rings. The Morgan fingerprint density at radius 2 is 2.00 bits per heavy atom. The fraction of sp³-hybridized carbons (Fsp3) is 0.632. The van der Waals surface area contributed by atoms with Crippen LogP contribution in [-0.2, 0) is 0 Å². The number of nitrogens with one attached hydrogen (secondary N) is 1. The van der Waals surface area contributed by atoms with Gasteiger partial charge in [-0.2, -0.15) is 0 Å². The van der Waals surface area contributed by atoms with E-state index in [1.165, 1.54) is 30.4 Å². The average molecular weight is 334 g/mol. The second kappa shape index (κ2) is 8.11. The lowest BCUT2D eigenvalue weighted by atomic mass is 10.0. The first-order valence-corrected chi connectivity index (χ1v) is 9.19. The molecular formula is C19H31N3S. The van der Waals surface area contributed by atoms with Crippen molar-refractivity contribution in [3.05, 3.63) is 29.3 Å². The number of hydrogen-bond acceptors (Lipinski definition) is 2. The van der Waals surface area contributed by atoms with Crippen molar-refractivity contribution in [2.24, 2.45) is 0 Å². The summed E-state index contributed by atoms with van der Waals surface area (Å²) in [6.07, 6.45) is 3.59. The van der Waals surface area contributed by atoms with Gasteiger partial charge in [0, 0.05) is 30.9 Å². The molecule has 1 heterocycles. The number of nitrogens with zero attached hydrogens (tertiary/aromatic N) is 2. The molecule has 3 nitrogen and oxygen atoms in total. The summed E-state index contributed by atoms with van der Waals surface area (Å²) in [4.78, 5) is 4.86. The minimum atomic E-state index is 0.659. The van der Waals surface area contributed by atoms with Crippen LogP contribution in [0.15, 0.2) is 18.2 Å². The van der Waals surface area contributed by atoms with Crippen molar-refractivity contribution in [2.45, 2.75) is 59.0 Å². The summed E-state index contributed by atoms with van der Waals surface area (Å²) in [6.45, 7) is 11.0. The summed E-state index contributed by atoms with van der Waals surface area (Å²) in [7, 11) is 2.27. The molecule has 23 heavy (non-hydrogen) atoms. The first-order valence-electron chi connectivity index (χ1n) is 8.78. The number of aryl methyl sites for hydroxylation is 1. The molecule has 1 aliphatic rings. The summed E-state index contributed by atoms with van der Waals surface area (Å²) in [6, 6.07) is 7.68. The molecule has 0 aliphatic carbocycles. The molecule has 4 heteroatoms. The molecule has 1 saturated heterocycles. The van der Waals surface area contributed by atoms with Crippen LogP contribution in [0, 0.1) is 13.8 Å². The van der Waals surface area contributed by atoms with Gasteiger partial charge in [-0.3, -0.25) is 0 Å². The predicted molar refractivity (Wildman–Crippen MR) is 104 cm³/mol. The second-order valence-electron chi connectivity index (χ2n) is 6.82. The lowest BCUT2D eigenvalue weighted by Gasteiger charge is -2.40. The molecule has 1 aliphatic heterocycles. The van der Waals surface area contributed by atoms with E-state index in [0.717, 1.165) is 23.9 Å². The van der Waals surface area contributed by atoms with E-state index in [1.54, 1.807) is 0 Å². The maximum absolute atomic E-state index is 5.64. The molecule has 1 unspecified atom stereocenters. The average Bonchev–Trinajstić information content (AvgIpc) is 2.57. The van der Waals surface area contributed by atoms with Gasteiger partial charge in [-0.05, 0) is 76.5 Å². The maximum atomic E-state index is 5.64. The molecule has 2 rings (SSSR count). The van der Waals surface area contributed by atoms with Crippen molar-refractivity contribution >= 4 is 23.0 Å². The largest absolute Gasteiger partial charge is 0.349 e. The molecule has 0 saturated carbocycles. The minimum Gasteiger partial charge on any atom is -0.349 e. The standard InChI is InChI=1S/C19H31N3S/c1-6-15(3)21(5)17-10-12-22(13-11-17)19(23)20-18-9-7-8-14(2)16(18)4/h7-9,15,17H,6,10-13H2,1-5H3,(H,20,23). The lowest BCUT2D eigenvalue weighted by molar-refractivity contribution is 0.126. The highest BCUT2D eigenvalue weighted by atomic mass is 32.1. The van der Waals surface area contributed by atoms with Gasteiger partial charge in [-0.25, -0.2) is 0 Å². The highest BCUT2D eigenvalue weighted by molar-refractivity contribution is 7.80. The van der Waals surface area contributed by atoms with Gasteiger partial charge in [0.1, 0.15) is 0 Å². The fourth-order valence-corrected chi connectivity index (χ4v) is 3.50. The zero-order chi connectivity index (χ0) is 17.0. The second-order valence-corrected chi connectivity index (χ2v) is 7.21. The molecular weight excluding hydrogens is 302 g/mol. The number of hydrogen-bond donors (Lipinski definition) is 1. The number of benzene rings is 1. The summed E-state index contributed by atoms with van der Waals surface area (Å²) < 4.78 is 0. The van der Waals surface area contributed by atoms with E-state index in [9.17, 15) is 0 Å². The van der Waals surface area contributed by atoms with Gasteiger partial charge in [0.15, 0.2) is 5.11 Å². The van der Waals surface area contributed by atoms with E-state index >= 15 is 0 Å². The number of likely N-dealkylation sites (tertiary alicyclic amines) is 1. The lowest BCUT2D eigenvalue weighted by Crippen LogP contribution is -2.48. The van der Waals surface area contributed by atoms with Crippen molar-refractivity contribution in [3.63, 3.8) is 0 Å².